The van der Waals surface area contributed by atoms with Crippen LogP contribution in [0.2, 0.25) is 0 Å². The van der Waals surface area contributed by atoms with Gasteiger partial charge >= 0.3 is 15.6 Å². The van der Waals surface area contributed by atoms with Gasteiger partial charge in [-0.2, -0.15) is 21.6 Å². The van der Waals surface area contributed by atoms with Gasteiger partial charge in [0.15, 0.2) is 0 Å². The molecule has 0 bridgehead atoms. The van der Waals surface area contributed by atoms with Crippen LogP contribution in [-0.2, 0) is 10.1 Å². The monoisotopic (exact) mass is 280 g/mol. The number of halogens is 3. The highest BCUT2D eigenvalue weighted by atomic mass is 32.2. The van der Waals surface area contributed by atoms with Crippen LogP contribution >= 0.6 is 0 Å². The van der Waals surface area contributed by atoms with Gasteiger partial charge in [-0.05, 0) is 6.07 Å². The lowest BCUT2D eigenvalue weighted by Crippen LogP contribution is -2.28. The lowest BCUT2D eigenvalue weighted by molar-refractivity contribution is -0.0500. The number of alkyl halides is 3. The molecule has 1 aromatic carbocycles. The van der Waals surface area contributed by atoms with E-state index in [0.717, 1.165) is 0 Å². The fourth-order valence-corrected chi connectivity index (χ4v) is 1.71. The van der Waals surface area contributed by atoms with Crippen molar-refractivity contribution in [1.82, 2.24) is 0 Å². The van der Waals surface area contributed by atoms with Gasteiger partial charge in [-0.1, -0.05) is 31.2 Å². The first kappa shape index (κ1) is 14.6. The first-order valence-electron chi connectivity index (χ1n) is 4.91. The smallest absolute Gasteiger partial charge is 0.376 e. The summed E-state index contributed by atoms with van der Waals surface area (Å²) in [6.45, 7) is 5.16. The summed E-state index contributed by atoms with van der Waals surface area (Å²) < 4.78 is 62.5. The molecule has 0 spiro atoms. The molecule has 0 fully saturated rings. The Hall–Kier alpha value is -1.50. The van der Waals surface area contributed by atoms with Crippen molar-refractivity contribution in [3.05, 3.63) is 42.5 Å². The first-order valence-corrected chi connectivity index (χ1v) is 6.32. The van der Waals surface area contributed by atoms with Crippen LogP contribution in [0.15, 0.2) is 36.9 Å². The summed E-state index contributed by atoms with van der Waals surface area (Å²) >= 11 is 0. The van der Waals surface area contributed by atoms with Crippen molar-refractivity contribution >= 4 is 10.1 Å². The van der Waals surface area contributed by atoms with Gasteiger partial charge in [-0.3, -0.25) is 0 Å². The van der Waals surface area contributed by atoms with Crippen molar-refractivity contribution < 1.29 is 25.8 Å². The number of rotatable bonds is 4. The zero-order valence-corrected chi connectivity index (χ0v) is 10.3. The summed E-state index contributed by atoms with van der Waals surface area (Å²) in [5.74, 6) is -0.674. The predicted molar refractivity (Wildman–Crippen MR) is 60.7 cm³/mol. The molecular weight excluding hydrogens is 269 g/mol. The molecule has 0 amide bonds. The van der Waals surface area contributed by atoms with Crippen molar-refractivity contribution in [3.8, 4) is 5.75 Å². The van der Waals surface area contributed by atoms with E-state index in [1.54, 1.807) is 13.0 Å². The maximum Gasteiger partial charge on any atom is 0.534 e. The van der Waals surface area contributed by atoms with Gasteiger partial charge in [0.2, 0.25) is 0 Å². The van der Waals surface area contributed by atoms with Crippen LogP contribution in [0.25, 0.3) is 0 Å². The molecule has 18 heavy (non-hydrogen) atoms. The van der Waals surface area contributed by atoms with Crippen molar-refractivity contribution in [2.75, 3.05) is 0 Å². The molecule has 0 radical (unpaired) electrons. The molecule has 1 rings (SSSR count). The maximum absolute atomic E-state index is 12.2. The van der Waals surface area contributed by atoms with Gasteiger partial charge in [0.05, 0.1) is 0 Å². The Morgan fingerprint density at radius 2 is 1.89 bits per heavy atom. The van der Waals surface area contributed by atoms with E-state index in [2.05, 4.69) is 10.8 Å². The quantitative estimate of drug-likeness (QED) is 0.483. The highest BCUT2D eigenvalue weighted by Gasteiger charge is 2.48. The zero-order chi connectivity index (χ0) is 14.0. The number of benzene rings is 1. The second-order valence-corrected chi connectivity index (χ2v) is 5.08. The Balaban J connectivity index is 3.17. The number of hydrogen-bond donors (Lipinski definition) is 0. The summed E-state index contributed by atoms with van der Waals surface area (Å²) in [4.78, 5) is 0. The van der Waals surface area contributed by atoms with Crippen LogP contribution in [0.5, 0.6) is 5.75 Å². The fourth-order valence-electron chi connectivity index (χ4n) is 1.23. The van der Waals surface area contributed by atoms with Gasteiger partial charge in [0.25, 0.3) is 0 Å². The fraction of sp³-hybridized carbons (Fsp3) is 0.273. The molecule has 7 heteroatoms. The molecule has 1 aromatic rings. The molecule has 0 aromatic heterocycles. The number of para-hydroxylation sites is 1. The van der Waals surface area contributed by atoms with Crippen LogP contribution < -0.4 is 4.18 Å². The van der Waals surface area contributed by atoms with Crippen LogP contribution in [0.4, 0.5) is 13.2 Å². The van der Waals surface area contributed by atoms with E-state index >= 15 is 0 Å². The molecule has 0 saturated carbocycles. The standard InChI is InChI=1S/C11H11F3O3S/c1-3-8(2)9-6-4-5-7-10(9)17-18(15,16)11(12,13)14/h3-8H,1H2,2H3/t8-/m0/s1. The topological polar surface area (TPSA) is 43.4 Å². The van der Waals surface area contributed by atoms with E-state index in [-0.39, 0.29) is 11.7 Å². The third kappa shape index (κ3) is 3.04. The van der Waals surface area contributed by atoms with E-state index in [0.29, 0.717) is 5.56 Å². The molecule has 0 saturated heterocycles. The van der Waals surface area contributed by atoms with E-state index in [1.165, 1.54) is 24.3 Å². The Kier molecular flexibility index (Phi) is 4.05. The van der Waals surface area contributed by atoms with E-state index < -0.39 is 15.6 Å². The van der Waals surface area contributed by atoms with Crippen LogP contribution in [0.3, 0.4) is 0 Å². The van der Waals surface area contributed by atoms with Crippen molar-refractivity contribution in [2.45, 2.75) is 18.3 Å². The van der Waals surface area contributed by atoms with Gasteiger partial charge in [-0.15, -0.1) is 6.58 Å². The molecule has 0 heterocycles. The highest BCUT2D eigenvalue weighted by molar-refractivity contribution is 7.88. The van der Waals surface area contributed by atoms with Crippen molar-refractivity contribution in [1.29, 1.82) is 0 Å². The first-order chi connectivity index (χ1) is 8.19. The molecule has 0 aliphatic carbocycles. The Morgan fingerprint density at radius 1 is 1.33 bits per heavy atom. The summed E-state index contributed by atoms with van der Waals surface area (Å²) in [5.41, 5.74) is -5.13. The SMILES string of the molecule is C=C[C@H](C)c1ccccc1OS(=O)(=O)C(F)(F)F. The zero-order valence-electron chi connectivity index (χ0n) is 9.44. The summed E-state index contributed by atoms with van der Waals surface area (Å²) in [6.07, 6.45) is 1.47. The minimum absolute atomic E-state index is 0.320. The average Bonchev–Trinajstić information content (AvgIpc) is 2.26. The highest BCUT2D eigenvalue weighted by Crippen LogP contribution is 2.32. The predicted octanol–water partition coefficient (Wildman–Crippen LogP) is 3.20. The number of allylic oxidation sites excluding steroid dienone is 1. The normalized spacial score (nSPS) is 14.0. The van der Waals surface area contributed by atoms with Crippen LogP contribution in [-0.4, -0.2) is 13.9 Å². The Labute approximate surface area is 103 Å². The lowest BCUT2D eigenvalue weighted by Gasteiger charge is -2.14. The molecule has 3 nitrogen and oxygen atoms in total. The maximum atomic E-state index is 12.2. The molecule has 1 atom stereocenters. The van der Waals surface area contributed by atoms with Crippen LogP contribution in [0, 0.1) is 0 Å². The lowest BCUT2D eigenvalue weighted by atomic mass is 10.0. The van der Waals surface area contributed by atoms with E-state index in [9.17, 15) is 21.6 Å². The minimum atomic E-state index is -5.65. The molecule has 0 aliphatic heterocycles. The molecule has 0 N–H and O–H groups in total. The average molecular weight is 280 g/mol. The molecule has 0 aliphatic rings. The second-order valence-electron chi connectivity index (χ2n) is 3.55. The van der Waals surface area contributed by atoms with E-state index in [4.69, 9.17) is 0 Å². The molecule has 0 unspecified atom stereocenters. The second kappa shape index (κ2) is 5.01. The molecular formula is C11H11F3O3S. The number of hydrogen-bond acceptors (Lipinski definition) is 3. The van der Waals surface area contributed by atoms with Crippen molar-refractivity contribution in [3.63, 3.8) is 0 Å². The summed E-state index contributed by atoms with van der Waals surface area (Å²) in [5, 5.41) is 0. The Morgan fingerprint density at radius 3 is 2.39 bits per heavy atom. The summed E-state index contributed by atoms with van der Waals surface area (Å²) in [6, 6.07) is 5.61. The van der Waals surface area contributed by atoms with Gasteiger partial charge in [0, 0.05) is 11.5 Å². The van der Waals surface area contributed by atoms with Crippen molar-refractivity contribution in [2.24, 2.45) is 0 Å². The van der Waals surface area contributed by atoms with Gasteiger partial charge in [-0.25, -0.2) is 0 Å². The third-order valence-electron chi connectivity index (χ3n) is 2.25. The third-order valence-corrected chi connectivity index (χ3v) is 3.21. The van der Waals surface area contributed by atoms with Gasteiger partial charge in [0.1, 0.15) is 5.75 Å². The summed E-state index contributed by atoms with van der Waals surface area (Å²) in [7, 11) is -5.65. The van der Waals surface area contributed by atoms with E-state index in [1.807, 2.05) is 0 Å². The van der Waals surface area contributed by atoms with Gasteiger partial charge < -0.3 is 4.18 Å². The largest absolute Gasteiger partial charge is 0.534 e. The minimum Gasteiger partial charge on any atom is -0.376 e. The van der Waals surface area contributed by atoms with Crippen LogP contribution in [0.1, 0.15) is 18.4 Å². The Bertz CT molecular complexity index is 535. The molecule has 100 valence electrons.